The lowest BCUT2D eigenvalue weighted by atomic mass is 9.66. The average molecular weight is 168 g/mol. The van der Waals surface area contributed by atoms with Crippen LogP contribution in [0.3, 0.4) is 0 Å². The molecule has 2 aliphatic carbocycles. The van der Waals surface area contributed by atoms with E-state index >= 15 is 0 Å². The molecule has 3 heteroatoms. The molecular formula is C9H12O3. The number of esters is 1. The molecule has 0 amide bonds. The molecule has 2 fully saturated rings. The van der Waals surface area contributed by atoms with Crippen molar-refractivity contribution in [1.82, 2.24) is 0 Å². The maximum Gasteiger partial charge on any atom is 0.309 e. The minimum atomic E-state index is -0.202. The Balaban J connectivity index is 2.05. The lowest BCUT2D eigenvalue weighted by Crippen LogP contribution is -2.42. The van der Waals surface area contributed by atoms with Gasteiger partial charge in [0, 0.05) is 12.3 Å². The molecule has 0 aromatic rings. The highest BCUT2D eigenvalue weighted by Crippen LogP contribution is 2.49. The summed E-state index contributed by atoms with van der Waals surface area (Å²) in [6.45, 7) is 0. The van der Waals surface area contributed by atoms with E-state index < -0.39 is 0 Å². The molecule has 3 nitrogen and oxygen atoms in total. The maximum atomic E-state index is 11.3. The Kier molecular flexibility index (Phi) is 1.67. The smallest absolute Gasteiger partial charge is 0.309 e. The summed E-state index contributed by atoms with van der Waals surface area (Å²) in [5, 5.41) is 0. The van der Waals surface area contributed by atoms with Crippen LogP contribution in [0.25, 0.3) is 0 Å². The molecule has 0 aromatic heterocycles. The second kappa shape index (κ2) is 2.57. The van der Waals surface area contributed by atoms with E-state index in [1.165, 1.54) is 7.11 Å². The van der Waals surface area contributed by atoms with Gasteiger partial charge in [-0.2, -0.15) is 0 Å². The van der Waals surface area contributed by atoms with Crippen molar-refractivity contribution in [1.29, 1.82) is 0 Å². The van der Waals surface area contributed by atoms with Crippen molar-refractivity contribution in [2.45, 2.75) is 19.3 Å². The first-order valence-corrected chi connectivity index (χ1v) is 4.34. The van der Waals surface area contributed by atoms with Gasteiger partial charge in [0.25, 0.3) is 0 Å². The van der Waals surface area contributed by atoms with Crippen LogP contribution in [-0.4, -0.2) is 18.9 Å². The predicted molar refractivity (Wildman–Crippen MR) is 41.3 cm³/mol. The number of rotatable bonds is 1. The van der Waals surface area contributed by atoms with E-state index in [4.69, 9.17) is 0 Å². The van der Waals surface area contributed by atoms with Crippen LogP contribution in [0.5, 0.6) is 0 Å². The van der Waals surface area contributed by atoms with E-state index in [2.05, 4.69) is 4.74 Å². The molecule has 0 aliphatic heterocycles. The van der Waals surface area contributed by atoms with Crippen LogP contribution in [-0.2, 0) is 14.3 Å². The van der Waals surface area contributed by atoms with Gasteiger partial charge in [-0.15, -0.1) is 0 Å². The molecular weight excluding hydrogens is 156 g/mol. The first kappa shape index (κ1) is 7.77. The van der Waals surface area contributed by atoms with Crippen molar-refractivity contribution in [3.63, 3.8) is 0 Å². The summed E-state index contributed by atoms with van der Waals surface area (Å²) in [5.41, 5.74) is 0. The lowest BCUT2D eigenvalue weighted by Gasteiger charge is -2.36. The summed E-state index contributed by atoms with van der Waals surface area (Å²) in [7, 11) is 1.38. The van der Waals surface area contributed by atoms with Gasteiger partial charge in [0.2, 0.25) is 0 Å². The highest BCUT2D eigenvalue weighted by molar-refractivity contribution is 5.90. The fourth-order valence-electron chi connectivity index (χ4n) is 2.43. The monoisotopic (exact) mass is 168 g/mol. The number of Topliss-reactive ketones (excluding diaryl/α,β-unsaturated/α-hetero) is 1. The van der Waals surface area contributed by atoms with Gasteiger partial charge < -0.3 is 4.74 Å². The topological polar surface area (TPSA) is 43.4 Å². The zero-order valence-electron chi connectivity index (χ0n) is 7.08. The second-order valence-electron chi connectivity index (χ2n) is 3.66. The van der Waals surface area contributed by atoms with Gasteiger partial charge >= 0.3 is 5.97 Å². The molecule has 0 spiro atoms. The minimum Gasteiger partial charge on any atom is -0.469 e. The molecule has 0 radical (unpaired) electrons. The van der Waals surface area contributed by atoms with Crippen LogP contribution in [0.1, 0.15) is 19.3 Å². The summed E-state index contributed by atoms with van der Waals surface area (Å²) < 4.78 is 4.62. The average Bonchev–Trinajstić information content (AvgIpc) is 2.26. The van der Waals surface area contributed by atoms with Gasteiger partial charge in [0.05, 0.1) is 13.0 Å². The highest BCUT2D eigenvalue weighted by Gasteiger charge is 2.52. The SMILES string of the molecule is COC(=O)C1CC2CCC(=O)C21. The lowest BCUT2D eigenvalue weighted by molar-refractivity contribution is -0.156. The first-order valence-electron chi connectivity index (χ1n) is 4.34. The highest BCUT2D eigenvalue weighted by atomic mass is 16.5. The third kappa shape index (κ3) is 0.886. The van der Waals surface area contributed by atoms with E-state index in [0.717, 1.165) is 12.8 Å². The summed E-state index contributed by atoms with van der Waals surface area (Å²) in [4.78, 5) is 22.4. The Morgan fingerprint density at radius 3 is 2.92 bits per heavy atom. The second-order valence-corrected chi connectivity index (χ2v) is 3.66. The van der Waals surface area contributed by atoms with Crippen molar-refractivity contribution in [2.75, 3.05) is 7.11 Å². The molecule has 12 heavy (non-hydrogen) atoms. The fraction of sp³-hybridized carbons (Fsp3) is 0.778. The summed E-state index contributed by atoms with van der Waals surface area (Å²) in [5.74, 6) is 0.446. The Morgan fingerprint density at radius 1 is 1.58 bits per heavy atom. The van der Waals surface area contributed by atoms with E-state index in [9.17, 15) is 9.59 Å². The van der Waals surface area contributed by atoms with Gasteiger partial charge in [-0.05, 0) is 18.8 Å². The Morgan fingerprint density at radius 2 is 2.33 bits per heavy atom. The van der Waals surface area contributed by atoms with Crippen LogP contribution >= 0.6 is 0 Å². The first-order chi connectivity index (χ1) is 5.74. The van der Waals surface area contributed by atoms with Crippen molar-refractivity contribution in [3.8, 4) is 0 Å². The van der Waals surface area contributed by atoms with Gasteiger partial charge in [0.15, 0.2) is 0 Å². The molecule has 3 atom stereocenters. The van der Waals surface area contributed by atoms with Crippen molar-refractivity contribution in [2.24, 2.45) is 17.8 Å². The zero-order valence-corrected chi connectivity index (χ0v) is 7.08. The number of fused-ring (bicyclic) bond motifs is 1. The number of carbonyl (C=O) groups excluding carboxylic acids is 2. The molecule has 0 aromatic carbocycles. The Labute approximate surface area is 71.1 Å². The van der Waals surface area contributed by atoms with Crippen LogP contribution in [0, 0.1) is 17.8 Å². The van der Waals surface area contributed by atoms with Gasteiger partial charge in [-0.1, -0.05) is 0 Å². The molecule has 2 aliphatic rings. The quantitative estimate of drug-likeness (QED) is 0.543. The van der Waals surface area contributed by atoms with Crippen molar-refractivity contribution < 1.29 is 14.3 Å². The minimum absolute atomic E-state index is 0.0115. The summed E-state index contributed by atoms with van der Waals surface area (Å²) in [6, 6.07) is 0. The third-order valence-corrected chi connectivity index (χ3v) is 3.14. The molecule has 2 rings (SSSR count). The van der Waals surface area contributed by atoms with Gasteiger partial charge in [-0.25, -0.2) is 0 Å². The van der Waals surface area contributed by atoms with Gasteiger partial charge in [-0.3, -0.25) is 9.59 Å². The number of methoxy groups -OCH3 is 1. The third-order valence-electron chi connectivity index (χ3n) is 3.14. The van der Waals surface area contributed by atoms with Crippen LogP contribution < -0.4 is 0 Å². The van der Waals surface area contributed by atoms with Crippen LogP contribution in [0.4, 0.5) is 0 Å². The summed E-state index contributed by atoms with van der Waals surface area (Å²) in [6.07, 6.45) is 2.52. The largest absolute Gasteiger partial charge is 0.469 e. The molecule has 0 saturated heterocycles. The van der Waals surface area contributed by atoms with Crippen LogP contribution in [0.2, 0.25) is 0 Å². The molecule has 0 N–H and O–H groups in total. The standard InChI is InChI=1S/C9H12O3/c1-12-9(11)6-4-5-2-3-7(10)8(5)6/h5-6,8H,2-4H2,1H3. The van der Waals surface area contributed by atoms with E-state index in [1.54, 1.807) is 0 Å². The van der Waals surface area contributed by atoms with E-state index in [-0.39, 0.29) is 23.6 Å². The maximum absolute atomic E-state index is 11.3. The van der Waals surface area contributed by atoms with Crippen molar-refractivity contribution in [3.05, 3.63) is 0 Å². The van der Waals surface area contributed by atoms with E-state index in [0.29, 0.717) is 12.3 Å². The summed E-state index contributed by atoms with van der Waals surface area (Å²) >= 11 is 0. The number of ketones is 1. The Hall–Kier alpha value is -0.860. The molecule has 3 unspecified atom stereocenters. The normalized spacial score (nSPS) is 38.8. The van der Waals surface area contributed by atoms with Gasteiger partial charge in [0.1, 0.15) is 5.78 Å². The number of ether oxygens (including phenoxy) is 1. The zero-order chi connectivity index (χ0) is 8.72. The fourth-order valence-corrected chi connectivity index (χ4v) is 2.43. The van der Waals surface area contributed by atoms with Crippen molar-refractivity contribution >= 4 is 11.8 Å². The van der Waals surface area contributed by atoms with Crippen LogP contribution in [0.15, 0.2) is 0 Å². The number of hydrogen-bond acceptors (Lipinski definition) is 3. The molecule has 0 heterocycles. The molecule has 2 saturated carbocycles. The molecule has 0 bridgehead atoms. The predicted octanol–water partition coefficient (Wildman–Crippen LogP) is 0.775. The number of carbonyl (C=O) groups is 2. The van der Waals surface area contributed by atoms with E-state index in [1.807, 2.05) is 0 Å². The molecule has 66 valence electrons. The Bertz CT molecular complexity index is 234. The number of hydrogen-bond donors (Lipinski definition) is 0.